The summed E-state index contributed by atoms with van der Waals surface area (Å²) < 4.78 is 0. The Labute approximate surface area is 122 Å². The van der Waals surface area contributed by atoms with Crippen LogP contribution in [0.5, 0.6) is 0 Å². The van der Waals surface area contributed by atoms with E-state index in [0.717, 1.165) is 17.8 Å². The minimum atomic E-state index is 0.451. The van der Waals surface area contributed by atoms with Crippen molar-refractivity contribution in [2.45, 2.75) is 38.0 Å². The zero-order valence-electron chi connectivity index (χ0n) is 10.8. The first-order valence-corrected chi connectivity index (χ1v) is 8.19. The molecule has 1 aliphatic carbocycles. The molecule has 19 heavy (non-hydrogen) atoms. The van der Waals surface area contributed by atoms with Crippen LogP contribution >= 0.6 is 22.9 Å². The lowest BCUT2D eigenvalue weighted by Crippen LogP contribution is -2.10. The first kappa shape index (κ1) is 13.1. The minimum Gasteiger partial charge on any atom is -0.144 e. The molecule has 1 atom stereocenters. The van der Waals surface area contributed by atoms with Gasteiger partial charge in [0.25, 0.3) is 0 Å². The van der Waals surface area contributed by atoms with Gasteiger partial charge in [0.15, 0.2) is 0 Å². The molecule has 1 heterocycles. The monoisotopic (exact) mass is 292 g/mol. The van der Waals surface area contributed by atoms with Crippen molar-refractivity contribution >= 4 is 22.9 Å². The minimum absolute atomic E-state index is 0.451. The molecule has 2 aromatic rings. The van der Waals surface area contributed by atoms with E-state index in [1.165, 1.54) is 35.4 Å². The summed E-state index contributed by atoms with van der Waals surface area (Å²) in [6, 6.07) is 8.76. The van der Waals surface area contributed by atoms with Crippen LogP contribution in [0.1, 0.15) is 46.3 Å². The summed E-state index contributed by atoms with van der Waals surface area (Å²) in [6.45, 7) is 0. The molecular weight excluding hydrogens is 276 g/mol. The van der Waals surface area contributed by atoms with Crippen LogP contribution < -0.4 is 0 Å². The number of benzene rings is 1. The highest BCUT2D eigenvalue weighted by Gasteiger charge is 2.24. The molecule has 0 saturated heterocycles. The smallest absolute Gasteiger partial charge is 0.124 e. The lowest BCUT2D eigenvalue weighted by molar-refractivity contribution is 0.609. The molecule has 100 valence electrons. The summed E-state index contributed by atoms with van der Waals surface area (Å²) in [7, 11) is 0. The topological polar surface area (TPSA) is 25.8 Å². The molecule has 1 aliphatic rings. The molecule has 4 heteroatoms. The van der Waals surface area contributed by atoms with Crippen molar-refractivity contribution in [3.63, 3.8) is 0 Å². The van der Waals surface area contributed by atoms with Crippen molar-refractivity contribution in [1.29, 1.82) is 0 Å². The third kappa shape index (κ3) is 2.82. The average molecular weight is 293 g/mol. The van der Waals surface area contributed by atoms with Gasteiger partial charge in [0.05, 0.1) is 0 Å². The van der Waals surface area contributed by atoms with E-state index >= 15 is 0 Å². The maximum absolute atomic E-state index is 5.73. The Kier molecular flexibility index (Phi) is 4.14. The second kappa shape index (κ2) is 6.02. The molecule has 2 nitrogen and oxygen atoms in total. The van der Waals surface area contributed by atoms with Crippen molar-refractivity contribution in [3.05, 3.63) is 45.4 Å². The quantitative estimate of drug-likeness (QED) is 0.790. The molecule has 1 aromatic heterocycles. The normalized spacial score (nSPS) is 18.3. The Morgan fingerprint density at radius 1 is 1.26 bits per heavy atom. The highest BCUT2D eigenvalue weighted by Crippen LogP contribution is 2.37. The molecule has 3 rings (SSSR count). The Morgan fingerprint density at radius 3 is 3.05 bits per heavy atom. The molecule has 0 bridgehead atoms. The number of aryl methyl sites for hydroxylation is 2. The van der Waals surface area contributed by atoms with Crippen LogP contribution in [-0.4, -0.2) is 16.1 Å². The Hall–Kier alpha value is -0.930. The highest BCUT2D eigenvalue weighted by molar-refractivity contribution is 7.11. The van der Waals surface area contributed by atoms with E-state index < -0.39 is 0 Å². The van der Waals surface area contributed by atoms with Crippen LogP contribution in [0.4, 0.5) is 0 Å². The van der Waals surface area contributed by atoms with E-state index in [4.69, 9.17) is 11.6 Å². The first-order valence-electron chi connectivity index (χ1n) is 6.84. The zero-order chi connectivity index (χ0) is 13.1. The van der Waals surface area contributed by atoms with Gasteiger partial charge < -0.3 is 0 Å². The SMILES string of the molecule is ClCCCc1nnc(C2CCCc3ccccc32)s1. The molecule has 0 amide bonds. The number of nitrogens with zero attached hydrogens (tertiary/aromatic N) is 2. The maximum atomic E-state index is 5.73. The van der Waals surface area contributed by atoms with Crippen molar-refractivity contribution < 1.29 is 0 Å². The summed E-state index contributed by atoms with van der Waals surface area (Å²) in [5, 5.41) is 11.0. The largest absolute Gasteiger partial charge is 0.144 e. The predicted octanol–water partition coefficient (Wildman–Crippen LogP) is 4.18. The lowest BCUT2D eigenvalue weighted by atomic mass is 9.83. The number of rotatable bonds is 4. The van der Waals surface area contributed by atoms with Gasteiger partial charge in [0, 0.05) is 18.2 Å². The molecule has 0 aliphatic heterocycles. The van der Waals surface area contributed by atoms with Crippen molar-refractivity contribution in [2.75, 3.05) is 5.88 Å². The van der Waals surface area contributed by atoms with Gasteiger partial charge in [-0.3, -0.25) is 0 Å². The molecule has 0 spiro atoms. The van der Waals surface area contributed by atoms with Gasteiger partial charge in [-0.2, -0.15) is 0 Å². The number of alkyl halides is 1. The first-order chi connectivity index (χ1) is 9.38. The van der Waals surface area contributed by atoms with Crippen LogP contribution in [0.15, 0.2) is 24.3 Å². The number of hydrogen-bond acceptors (Lipinski definition) is 3. The van der Waals surface area contributed by atoms with Crippen LogP contribution in [0.25, 0.3) is 0 Å². The van der Waals surface area contributed by atoms with Crippen molar-refractivity contribution in [1.82, 2.24) is 10.2 Å². The summed E-state index contributed by atoms with van der Waals surface area (Å²) in [5.41, 5.74) is 2.94. The fourth-order valence-corrected chi connectivity index (χ4v) is 3.91. The molecule has 0 saturated carbocycles. The van der Waals surface area contributed by atoms with Gasteiger partial charge >= 0.3 is 0 Å². The van der Waals surface area contributed by atoms with E-state index in [0.29, 0.717) is 11.8 Å². The Bertz CT molecular complexity index is 553. The average Bonchev–Trinajstić information content (AvgIpc) is 2.93. The molecule has 0 radical (unpaired) electrons. The standard InChI is InChI=1S/C15H17ClN2S/c16-10-4-9-14-17-18-15(19-14)13-8-3-6-11-5-1-2-7-12(11)13/h1-2,5,7,13H,3-4,6,8-10H2. The van der Waals surface area contributed by atoms with E-state index in [-0.39, 0.29) is 0 Å². The van der Waals surface area contributed by atoms with Gasteiger partial charge in [-0.25, -0.2) is 0 Å². The fourth-order valence-electron chi connectivity index (χ4n) is 2.74. The predicted molar refractivity (Wildman–Crippen MR) is 80.2 cm³/mol. The molecule has 0 N–H and O–H groups in total. The van der Waals surface area contributed by atoms with Crippen LogP contribution in [-0.2, 0) is 12.8 Å². The van der Waals surface area contributed by atoms with Crippen molar-refractivity contribution in [3.8, 4) is 0 Å². The fraction of sp³-hybridized carbons (Fsp3) is 0.467. The third-order valence-corrected chi connectivity index (χ3v) is 5.04. The second-order valence-electron chi connectivity index (χ2n) is 4.97. The van der Waals surface area contributed by atoms with Gasteiger partial charge in [-0.1, -0.05) is 24.3 Å². The van der Waals surface area contributed by atoms with E-state index in [1.807, 2.05) is 0 Å². The summed E-state index contributed by atoms with van der Waals surface area (Å²) in [5.74, 6) is 1.15. The van der Waals surface area contributed by atoms with Gasteiger partial charge in [0.2, 0.25) is 0 Å². The van der Waals surface area contributed by atoms with E-state index in [9.17, 15) is 0 Å². The summed E-state index contributed by atoms with van der Waals surface area (Å²) in [4.78, 5) is 0. The summed E-state index contributed by atoms with van der Waals surface area (Å²) >= 11 is 7.49. The molecule has 0 fully saturated rings. The second-order valence-corrected chi connectivity index (χ2v) is 6.44. The van der Waals surface area contributed by atoms with Crippen molar-refractivity contribution in [2.24, 2.45) is 0 Å². The zero-order valence-corrected chi connectivity index (χ0v) is 12.4. The van der Waals surface area contributed by atoms with Gasteiger partial charge in [0.1, 0.15) is 10.0 Å². The molecular formula is C15H17ClN2S. The van der Waals surface area contributed by atoms with Crippen LogP contribution in [0, 0.1) is 0 Å². The number of fused-ring (bicyclic) bond motifs is 1. The maximum Gasteiger partial charge on any atom is 0.124 e. The Morgan fingerprint density at radius 2 is 2.16 bits per heavy atom. The Balaban J connectivity index is 1.85. The molecule has 1 aromatic carbocycles. The number of aromatic nitrogens is 2. The number of halogens is 1. The van der Waals surface area contributed by atoms with Crippen LogP contribution in [0.2, 0.25) is 0 Å². The highest BCUT2D eigenvalue weighted by atomic mass is 35.5. The van der Waals surface area contributed by atoms with E-state index in [2.05, 4.69) is 34.5 Å². The molecule has 1 unspecified atom stereocenters. The van der Waals surface area contributed by atoms with Gasteiger partial charge in [-0.05, 0) is 36.8 Å². The number of hydrogen-bond donors (Lipinski definition) is 0. The van der Waals surface area contributed by atoms with Crippen LogP contribution in [0.3, 0.4) is 0 Å². The lowest BCUT2D eigenvalue weighted by Gasteiger charge is -2.23. The summed E-state index contributed by atoms with van der Waals surface area (Å²) in [6.07, 6.45) is 5.58. The third-order valence-electron chi connectivity index (χ3n) is 3.67. The van der Waals surface area contributed by atoms with E-state index in [1.54, 1.807) is 11.3 Å². The van der Waals surface area contributed by atoms with Gasteiger partial charge in [-0.15, -0.1) is 33.1 Å².